The Kier molecular flexibility index (Phi) is 2.95. The topological polar surface area (TPSA) is 58.7 Å². The molecule has 1 aromatic carbocycles. The third kappa shape index (κ3) is 1.93. The number of amides is 1. The Morgan fingerprint density at radius 3 is 2.65 bits per heavy atom. The van der Waals surface area contributed by atoms with Gasteiger partial charge >= 0.3 is 0 Å². The molecule has 88 valence electrons. The van der Waals surface area contributed by atoms with E-state index in [1.54, 1.807) is 12.3 Å². The van der Waals surface area contributed by atoms with E-state index in [-0.39, 0.29) is 5.91 Å². The summed E-state index contributed by atoms with van der Waals surface area (Å²) >= 11 is 0. The van der Waals surface area contributed by atoms with Crippen LogP contribution >= 0.6 is 0 Å². The van der Waals surface area contributed by atoms with Crippen molar-refractivity contribution in [1.29, 1.82) is 0 Å². The van der Waals surface area contributed by atoms with Gasteiger partial charge in [-0.2, -0.15) is 0 Å². The zero-order valence-corrected chi connectivity index (χ0v) is 9.71. The second kappa shape index (κ2) is 4.41. The summed E-state index contributed by atoms with van der Waals surface area (Å²) in [5.74, 6) is -0.384. The van der Waals surface area contributed by atoms with Crippen LogP contribution in [0.3, 0.4) is 0 Å². The van der Waals surface area contributed by atoms with E-state index in [9.17, 15) is 4.79 Å². The van der Waals surface area contributed by atoms with Crippen LogP contribution in [0.25, 0.3) is 0 Å². The van der Waals surface area contributed by atoms with Crippen molar-refractivity contribution in [3.8, 4) is 0 Å². The molecule has 4 nitrogen and oxygen atoms in total. The highest BCUT2D eigenvalue weighted by Crippen LogP contribution is 2.28. The maximum atomic E-state index is 11.8. The van der Waals surface area contributed by atoms with Gasteiger partial charge in [0.2, 0.25) is 5.91 Å². The minimum atomic E-state index is -0.866. The predicted octanol–water partition coefficient (Wildman–Crippen LogP) is 1.24. The average molecular weight is 229 g/mol. The molecule has 0 aromatic heterocycles. The maximum absolute atomic E-state index is 11.8. The first kappa shape index (κ1) is 11.4. The first-order chi connectivity index (χ1) is 8.15. The Morgan fingerprint density at radius 2 is 2.12 bits per heavy atom. The molecule has 2 rings (SSSR count). The van der Waals surface area contributed by atoms with Gasteiger partial charge in [-0.15, -0.1) is 0 Å². The van der Waals surface area contributed by atoms with E-state index in [4.69, 9.17) is 5.73 Å². The van der Waals surface area contributed by atoms with Crippen LogP contribution in [0.2, 0.25) is 0 Å². The predicted molar refractivity (Wildman–Crippen MR) is 67.3 cm³/mol. The molecular weight excluding hydrogens is 214 g/mol. The molecule has 0 spiro atoms. The molecule has 4 heteroatoms. The van der Waals surface area contributed by atoms with Gasteiger partial charge in [-0.3, -0.25) is 9.79 Å². The van der Waals surface area contributed by atoms with Crippen molar-refractivity contribution in [2.45, 2.75) is 12.5 Å². The average Bonchev–Trinajstić information content (AvgIpc) is 2.39. The standard InChI is InChI=1S/C13H15N3O/c1-13(12(14)17,11-6-3-2-4-7-11)16-9-5-8-15-10-16/h2-9H,10H2,1H3,(H2,14,17). The third-order valence-electron chi connectivity index (χ3n) is 3.08. The lowest BCUT2D eigenvalue weighted by atomic mass is 9.89. The summed E-state index contributed by atoms with van der Waals surface area (Å²) in [6.07, 6.45) is 5.35. The van der Waals surface area contributed by atoms with E-state index in [1.165, 1.54) is 0 Å². The minimum Gasteiger partial charge on any atom is -0.367 e. The molecule has 0 aliphatic carbocycles. The summed E-state index contributed by atoms with van der Waals surface area (Å²) in [6, 6.07) is 9.50. The number of carbonyl (C=O) groups excluding carboxylic acids is 1. The second-order valence-corrected chi connectivity index (χ2v) is 4.09. The summed E-state index contributed by atoms with van der Waals surface area (Å²) in [5, 5.41) is 0. The molecule has 1 atom stereocenters. The van der Waals surface area contributed by atoms with Crippen LogP contribution in [0.4, 0.5) is 0 Å². The largest absolute Gasteiger partial charge is 0.367 e. The maximum Gasteiger partial charge on any atom is 0.247 e. The van der Waals surface area contributed by atoms with E-state index in [0.717, 1.165) is 5.56 Å². The highest BCUT2D eigenvalue weighted by Gasteiger charge is 2.38. The SMILES string of the molecule is CC(C(N)=O)(c1ccccc1)N1C=CC=NC1. The van der Waals surface area contributed by atoms with Crippen molar-refractivity contribution in [3.63, 3.8) is 0 Å². The third-order valence-corrected chi connectivity index (χ3v) is 3.08. The van der Waals surface area contributed by atoms with Crippen LogP contribution in [0.15, 0.2) is 47.6 Å². The number of rotatable bonds is 3. The fraction of sp³-hybridized carbons (Fsp3) is 0.231. The van der Waals surface area contributed by atoms with Crippen molar-refractivity contribution in [3.05, 3.63) is 48.2 Å². The van der Waals surface area contributed by atoms with Crippen LogP contribution in [0, 0.1) is 0 Å². The molecule has 1 heterocycles. The van der Waals surface area contributed by atoms with Gasteiger partial charge in [0.05, 0.1) is 0 Å². The number of nitrogens with zero attached hydrogens (tertiary/aromatic N) is 2. The zero-order valence-electron chi connectivity index (χ0n) is 9.71. The first-order valence-electron chi connectivity index (χ1n) is 5.44. The molecule has 2 N–H and O–H groups in total. The minimum absolute atomic E-state index is 0.384. The summed E-state index contributed by atoms with van der Waals surface area (Å²) in [6.45, 7) is 2.25. The molecular formula is C13H15N3O. The molecule has 1 aliphatic rings. The Morgan fingerprint density at radius 1 is 1.41 bits per heavy atom. The second-order valence-electron chi connectivity index (χ2n) is 4.09. The van der Waals surface area contributed by atoms with E-state index < -0.39 is 5.54 Å². The highest BCUT2D eigenvalue weighted by atomic mass is 16.1. The van der Waals surface area contributed by atoms with Crippen molar-refractivity contribution in [2.24, 2.45) is 10.7 Å². The molecule has 17 heavy (non-hydrogen) atoms. The quantitative estimate of drug-likeness (QED) is 0.847. The van der Waals surface area contributed by atoms with Crippen LogP contribution in [-0.4, -0.2) is 23.7 Å². The Labute approximate surface area is 100 Å². The van der Waals surface area contributed by atoms with E-state index in [2.05, 4.69) is 4.99 Å². The molecule has 1 aliphatic heterocycles. The van der Waals surface area contributed by atoms with Crippen LogP contribution in [0.5, 0.6) is 0 Å². The lowest BCUT2D eigenvalue weighted by molar-refractivity contribution is -0.128. The molecule has 0 saturated carbocycles. The van der Waals surface area contributed by atoms with Gasteiger partial charge in [-0.1, -0.05) is 30.3 Å². The normalized spacial score (nSPS) is 17.8. The lowest BCUT2D eigenvalue weighted by Gasteiger charge is -2.38. The zero-order chi connectivity index (χ0) is 12.3. The monoisotopic (exact) mass is 229 g/mol. The highest BCUT2D eigenvalue weighted by molar-refractivity contribution is 5.86. The molecule has 1 aromatic rings. The van der Waals surface area contributed by atoms with Crippen molar-refractivity contribution in [1.82, 2.24) is 4.90 Å². The number of aliphatic imine (C=N–C) groups is 1. The summed E-state index contributed by atoms with van der Waals surface area (Å²) in [4.78, 5) is 17.8. The van der Waals surface area contributed by atoms with E-state index in [1.807, 2.05) is 48.4 Å². The smallest absolute Gasteiger partial charge is 0.247 e. The molecule has 0 radical (unpaired) electrons. The number of primary amides is 1. The van der Waals surface area contributed by atoms with Gasteiger partial charge in [-0.05, 0) is 18.6 Å². The van der Waals surface area contributed by atoms with E-state index >= 15 is 0 Å². The first-order valence-corrected chi connectivity index (χ1v) is 5.44. The summed E-state index contributed by atoms with van der Waals surface area (Å²) < 4.78 is 0. The van der Waals surface area contributed by atoms with Crippen molar-refractivity contribution < 1.29 is 4.79 Å². The lowest BCUT2D eigenvalue weighted by Crippen LogP contribution is -2.51. The number of hydrogen-bond acceptors (Lipinski definition) is 3. The number of carbonyl (C=O) groups is 1. The van der Waals surface area contributed by atoms with Gasteiger partial charge in [0.15, 0.2) is 0 Å². The van der Waals surface area contributed by atoms with Crippen LogP contribution in [0.1, 0.15) is 12.5 Å². The fourth-order valence-corrected chi connectivity index (χ4v) is 1.89. The van der Waals surface area contributed by atoms with Gasteiger partial charge < -0.3 is 10.6 Å². The van der Waals surface area contributed by atoms with E-state index in [0.29, 0.717) is 6.67 Å². The number of benzene rings is 1. The fourth-order valence-electron chi connectivity index (χ4n) is 1.89. The number of hydrogen-bond donors (Lipinski definition) is 1. The van der Waals surface area contributed by atoms with Gasteiger partial charge in [0.1, 0.15) is 12.2 Å². The van der Waals surface area contributed by atoms with Gasteiger partial charge in [0, 0.05) is 12.4 Å². The van der Waals surface area contributed by atoms with Crippen molar-refractivity contribution >= 4 is 12.1 Å². The summed E-state index contributed by atoms with van der Waals surface area (Å²) in [7, 11) is 0. The van der Waals surface area contributed by atoms with Crippen molar-refractivity contribution in [2.75, 3.05) is 6.67 Å². The van der Waals surface area contributed by atoms with Crippen LogP contribution in [-0.2, 0) is 10.3 Å². The number of nitrogens with two attached hydrogens (primary N) is 1. The molecule has 0 saturated heterocycles. The Bertz CT molecular complexity index is 467. The Hall–Kier alpha value is -2.10. The number of allylic oxidation sites excluding steroid dienone is 1. The van der Waals surface area contributed by atoms with Crippen LogP contribution < -0.4 is 5.73 Å². The molecule has 0 bridgehead atoms. The van der Waals surface area contributed by atoms with Gasteiger partial charge in [-0.25, -0.2) is 0 Å². The molecule has 1 unspecified atom stereocenters. The Balaban J connectivity index is 2.43. The van der Waals surface area contributed by atoms with Gasteiger partial charge in [0.25, 0.3) is 0 Å². The summed E-state index contributed by atoms with van der Waals surface area (Å²) in [5.41, 5.74) is 5.57. The molecule has 1 amide bonds. The molecule has 0 fully saturated rings.